The average Bonchev–Trinajstić information content (AvgIpc) is 3.20. The predicted molar refractivity (Wildman–Crippen MR) is 108 cm³/mol. The van der Waals surface area contributed by atoms with Gasteiger partial charge in [0.2, 0.25) is 5.91 Å². The van der Waals surface area contributed by atoms with Crippen LogP contribution in [-0.4, -0.2) is 31.9 Å². The van der Waals surface area contributed by atoms with Crippen LogP contribution in [0.2, 0.25) is 0 Å². The fourth-order valence-corrected chi connectivity index (χ4v) is 3.18. The monoisotopic (exact) mass is 413 g/mol. The van der Waals surface area contributed by atoms with E-state index in [2.05, 4.69) is 19.9 Å². The lowest BCUT2D eigenvalue weighted by molar-refractivity contribution is -0.124. The molecule has 9 heteroatoms. The minimum atomic E-state index is -1.21. The number of aromatic nitrogens is 3. The Morgan fingerprint density at radius 1 is 1.14 bits per heavy atom. The zero-order valence-electron chi connectivity index (χ0n) is 16.2. The lowest BCUT2D eigenvalue weighted by Crippen LogP contribution is -2.50. The van der Waals surface area contributed by atoms with Crippen molar-refractivity contribution < 1.29 is 14.0 Å². The van der Waals surface area contributed by atoms with Crippen LogP contribution in [-0.2, 0) is 4.79 Å². The molecule has 7 nitrogen and oxygen atoms in total. The van der Waals surface area contributed by atoms with Crippen molar-refractivity contribution >= 4 is 29.0 Å². The molecule has 2 aromatic heterocycles. The molecule has 29 heavy (non-hydrogen) atoms. The van der Waals surface area contributed by atoms with Crippen molar-refractivity contribution in [1.29, 1.82) is 0 Å². The Hall–Kier alpha value is -3.20. The summed E-state index contributed by atoms with van der Waals surface area (Å²) in [4.78, 5) is 31.9. The topological polar surface area (TPSA) is 88.1 Å². The van der Waals surface area contributed by atoms with E-state index in [-0.39, 0.29) is 11.4 Å². The molecule has 1 aromatic carbocycles. The van der Waals surface area contributed by atoms with Crippen molar-refractivity contribution in [2.75, 3.05) is 4.90 Å². The average molecular weight is 413 g/mol. The standard InChI is InChI=1S/C20H20FN5O2S/c1-20(2,3)23-18(27)17(14-9-6-7-11-22-14)26(16-10-5-4-8-13(16)21)19(28)15-12-29-25-24-15/h4-12,17H,1-3H3,(H,23,27)/t17-/m0/s1. The number of carbonyl (C=O) groups excluding carboxylic acids is 2. The maximum atomic E-state index is 14.7. The van der Waals surface area contributed by atoms with E-state index in [1.54, 1.807) is 24.3 Å². The van der Waals surface area contributed by atoms with Gasteiger partial charge in [-0.15, -0.1) is 5.10 Å². The van der Waals surface area contributed by atoms with Gasteiger partial charge in [0.1, 0.15) is 5.82 Å². The van der Waals surface area contributed by atoms with Crippen LogP contribution in [0.4, 0.5) is 10.1 Å². The number of halogens is 1. The number of nitrogens with zero attached hydrogens (tertiary/aromatic N) is 4. The molecule has 0 fully saturated rings. The number of rotatable bonds is 5. The van der Waals surface area contributed by atoms with E-state index in [4.69, 9.17) is 0 Å². The van der Waals surface area contributed by atoms with Crippen LogP contribution in [0.15, 0.2) is 54.0 Å². The minimum Gasteiger partial charge on any atom is -0.349 e. The highest BCUT2D eigenvalue weighted by Gasteiger charge is 2.37. The molecular formula is C20H20FN5O2S. The van der Waals surface area contributed by atoms with Gasteiger partial charge in [-0.25, -0.2) is 4.39 Å². The smallest absolute Gasteiger partial charge is 0.280 e. The Bertz CT molecular complexity index is 990. The Morgan fingerprint density at radius 3 is 2.45 bits per heavy atom. The molecule has 0 saturated carbocycles. The van der Waals surface area contributed by atoms with E-state index in [1.807, 2.05) is 20.8 Å². The fourth-order valence-electron chi connectivity index (χ4n) is 2.75. The van der Waals surface area contributed by atoms with Crippen molar-refractivity contribution in [1.82, 2.24) is 19.9 Å². The summed E-state index contributed by atoms with van der Waals surface area (Å²) < 4.78 is 18.5. The molecule has 3 rings (SSSR count). The summed E-state index contributed by atoms with van der Waals surface area (Å²) in [6, 6.07) is 9.58. The number of hydrogen-bond donors (Lipinski definition) is 1. The first-order chi connectivity index (χ1) is 13.8. The van der Waals surface area contributed by atoms with Gasteiger partial charge in [-0.1, -0.05) is 22.7 Å². The summed E-state index contributed by atoms with van der Waals surface area (Å²) in [5, 5.41) is 8.12. The number of hydrogen-bond acceptors (Lipinski definition) is 6. The van der Waals surface area contributed by atoms with Gasteiger partial charge in [0.15, 0.2) is 11.7 Å². The molecule has 150 valence electrons. The second kappa shape index (κ2) is 8.44. The molecule has 1 atom stereocenters. The van der Waals surface area contributed by atoms with E-state index in [9.17, 15) is 14.0 Å². The number of pyridine rings is 1. The number of benzene rings is 1. The van der Waals surface area contributed by atoms with E-state index in [0.717, 1.165) is 16.4 Å². The van der Waals surface area contributed by atoms with Gasteiger partial charge < -0.3 is 5.32 Å². The van der Waals surface area contributed by atoms with Gasteiger partial charge in [0, 0.05) is 17.1 Å². The van der Waals surface area contributed by atoms with Crippen molar-refractivity contribution in [2.45, 2.75) is 32.4 Å². The molecule has 0 radical (unpaired) electrons. The number of amides is 2. The third kappa shape index (κ3) is 4.80. The first kappa shape index (κ1) is 20.5. The summed E-state index contributed by atoms with van der Waals surface area (Å²) in [7, 11) is 0. The molecule has 0 aliphatic carbocycles. The number of anilines is 1. The second-order valence-electron chi connectivity index (χ2n) is 7.31. The van der Waals surface area contributed by atoms with E-state index >= 15 is 0 Å². The van der Waals surface area contributed by atoms with Crippen LogP contribution in [0.3, 0.4) is 0 Å². The van der Waals surface area contributed by atoms with Crippen molar-refractivity contribution in [3.63, 3.8) is 0 Å². The van der Waals surface area contributed by atoms with Gasteiger partial charge in [-0.3, -0.25) is 19.5 Å². The lowest BCUT2D eigenvalue weighted by atomic mass is 10.0. The third-order valence-electron chi connectivity index (χ3n) is 3.88. The Balaban J connectivity index is 2.18. The third-order valence-corrected chi connectivity index (χ3v) is 4.39. The summed E-state index contributed by atoms with van der Waals surface area (Å²) in [6.07, 6.45) is 1.51. The van der Waals surface area contributed by atoms with Gasteiger partial charge in [-0.05, 0) is 56.6 Å². The molecule has 2 amide bonds. The van der Waals surface area contributed by atoms with Crippen LogP contribution in [0.1, 0.15) is 43.0 Å². The van der Waals surface area contributed by atoms with Gasteiger partial charge in [0.05, 0.1) is 11.4 Å². The molecule has 0 bridgehead atoms. The number of nitrogens with one attached hydrogen (secondary N) is 1. The fraction of sp³-hybridized carbons (Fsp3) is 0.250. The Labute approximate surface area is 171 Å². The molecule has 0 spiro atoms. The van der Waals surface area contributed by atoms with Crippen LogP contribution in [0, 0.1) is 5.82 Å². The van der Waals surface area contributed by atoms with Gasteiger partial charge >= 0.3 is 0 Å². The molecule has 3 aromatic rings. The Kier molecular flexibility index (Phi) is 5.97. The van der Waals surface area contributed by atoms with E-state index in [1.165, 1.54) is 29.8 Å². The quantitative estimate of drug-likeness (QED) is 0.693. The Morgan fingerprint density at radius 2 is 1.86 bits per heavy atom. The zero-order chi connectivity index (χ0) is 21.0. The summed E-state index contributed by atoms with van der Waals surface area (Å²) >= 11 is 0.992. The molecule has 0 aliphatic heterocycles. The maximum absolute atomic E-state index is 14.7. The summed E-state index contributed by atoms with van der Waals surface area (Å²) in [5.74, 6) is -1.78. The van der Waals surface area contributed by atoms with E-state index in [0.29, 0.717) is 5.69 Å². The van der Waals surface area contributed by atoms with Crippen LogP contribution in [0.5, 0.6) is 0 Å². The van der Waals surface area contributed by atoms with Crippen LogP contribution < -0.4 is 10.2 Å². The zero-order valence-corrected chi connectivity index (χ0v) is 17.0. The van der Waals surface area contributed by atoms with Gasteiger partial charge in [-0.2, -0.15) is 0 Å². The van der Waals surface area contributed by atoms with Crippen molar-refractivity contribution in [3.8, 4) is 0 Å². The van der Waals surface area contributed by atoms with Crippen molar-refractivity contribution in [2.24, 2.45) is 0 Å². The number of para-hydroxylation sites is 1. The second-order valence-corrected chi connectivity index (χ2v) is 7.92. The van der Waals surface area contributed by atoms with Gasteiger partial charge in [0.25, 0.3) is 5.91 Å². The maximum Gasteiger partial charge on any atom is 0.280 e. The highest BCUT2D eigenvalue weighted by Crippen LogP contribution is 2.31. The van der Waals surface area contributed by atoms with Crippen LogP contribution >= 0.6 is 11.5 Å². The molecule has 0 saturated heterocycles. The molecule has 2 heterocycles. The molecular weight excluding hydrogens is 393 g/mol. The van der Waals surface area contributed by atoms with Crippen molar-refractivity contribution in [3.05, 3.63) is 71.2 Å². The first-order valence-corrected chi connectivity index (χ1v) is 9.69. The van der Waals surface area contributed by atoms with Crippen LogP contribution in [0.25, 0.3) is 0 Å². The molecule has 1 N–H and O–H groups in total. The summed E-state index contributed by atoms with van der Waals surface area (Å²) in [6.45, 7) is 5.46. The number of carbonyl (C=O) groups is 2. The van der Waals surface area contributed by atoms with E-state index < -0.39 is 29.2 Å². The molecule has 0 unspecified atom stereocenters. The largest absolute Gasteiger partial charge is 0.349 e. The lowest BCUT2D eigenvalue weighted by Gasteiger charge is -2.32. The first-order valence-electron chi connectivity index (χ1n) is 8.86. The predicted octanol–water partition coefficient (Wildman–Crippen LogP) is 3.38. The highest BCUT2D eigenvalue weighted by molar-refractivity contribution is 7.03. The molecule has 0 aliphatic rings. The normalized spacial score (nSPS) is 12.3. The SMILES string of the molecule is CC(C)(C)NC(=O)[C@H](c1ccccn1)N(C(=O)c1csnn1)c1ccccc1F. The summed E-state index contributed by atoms with van der Waals surface area (Å²) in [5.41, 5.74) is -0.307. The minimum absolute atomic E-state index is 0.0164. The highest BCUT2D eigenvalue weighted by atomic mass is 32.1.